The molecule has 1 atom stereocenters. The van der Waals surface area contributed by atoms with E-state index in [0.29, 0.717) is 0 Å². The lowest BCUT2D eigenvalue weighted by atomic mass is 9.99. The van der Waals surface area contributed by atoms with E-state index in [2.05, 4.69) is 23.6 Å². The van der Waals surface area contributed by atoms with Gasteiger partial charge in [-0.05, 0) is 67.7 Å². The average Bonchev–Trinajstić information content (AvgIpc) is 2.76. The topological polar surface area (TPSA) is 24.1 Å². The summed E-state index contributed by atoms with van der Waals surface area (Å²) in [6, 6.07) is 10.8. The van der Waals surface area contributed by atoms with E-state index in [9.17, 15) is 4.39 Å². The van der Waals surface area contributed by atoms with E-state index in [4.69, 9.17) is 11.6 Å². The zero-order valence-corrected chi connectivity index (χ0v) is 13.4. The Kier molecular flexibility index (Phi) is 4.65. The van der Waals surface area contributed by atoms with Crippen LogP contribution in [0.4, 0.5) is 10.1 Å². The number of nitrogens with one attached hydrogen (secondary N) is 2. The third kappa shape index (κ3) is 3.26. The lowest BCUT2D eigenvalue weighted by molar-refractivity contribution is 0.626. The third-order valence-electron chi connectivity index (χ3n) is 4.21. The molecule has 1 unspecified atom stereocenters. The molecule has 3 rings (SSSR count). The molecular weight excluding hydrogens is 299 g/mol. The zero-order chi connectivity index (χ0) is 15.5. The van der Waals surface area contributed by atoms with Crippen molar-refractivity contribution in [3.63, 3.8) is 0 Å². The molecule has 2 aromatic carbocycles. The lowest BCUT2D eigenvalue weighted by Crippen LogP contribution is -2.16. The van der Waals surface area contributed by atoms with Crippen molar-refractivity contribution in [2.45, 2.75) is 25.8 Å². The van der Waals surface area contributed by atoms with E-state index in [-0.39, 0.29) is 11.9 Å². The fourth-order valence-electron chi connectivity index (χ4n) is 2.95. The quantitative estimate of drug-likeness (QED) is 0.879. The van der Waals surface area contributed by atoms with Gasteiger partial charge in [0.1, 0.15) is 5.82 Å². The Labute approximate surface area is 135 Å². The van der Waals surface area contributed by atoms with Crippen LogP contribution in [0.15, 0.2) is 36.4 Å². The number of benzene rings is 2. The first-order chi connectivity index (χ1) is 10.6. The molecule has 1 aliphatic heterocycles. The molecule has 4 heteroatoms. The number of anilines is 1. The molecule has 1 aliphatic rings. The number of rotatable bonds is 3. The van der Waals surface area contributed by atoms with Crippen molar-refractivity contribution in [3.05, 3.63) is 63.9 Å². The van der Waals surface area contributed by atoms with Crippen LogP contribution in [-0.2, 0) is 12.8 Å². The van der Waals surface area contributed by atoms with E-state index in [0.717, 1.165) is 42.2 Å². The fourth-order valence-corrected chi connectivity index (χ4v) is 3.18. The molecule has 0 saturated carbocycles. The van der Waals surface area contributed by atoms with E-state index in [1.807, 2.05) is 18.2 Å². The maximum absolute atomic E-state index is 13.1. The van der Waals surface area contributed by atoms with Crippen LogP contribution in [0, 0.1) is 5.82 Å². The van der Waals surface area contributed by atoms with Gasteiger partial charge >= 0.3 is 0 Å². The highest BCUT2D eigenvalue weighted by atomic mass is 35.5. The Hall–Kier alpha value is -1.58. The van der Waals surface area contributed by atoms with E-state index in [1.54, 1.807) is 0 Å². The van der Waals surface area contributed by atoms with Crippen molar-refractivity contribution < 1.29 is 4.39 Å². The SMILES string of the molecule is CC(Nc1c(Cl)ccc2c1CCNCC2)c1ccc(F)cc1. The molecule has 0 radical (unpaired) electrons. The minimum Gasteiger partial charge on any atom is -0.377 e. The minimum atomic E-state index is -0.214. The highest BCUT2D eigenvalue weighted by Gasteiger charge is 2.16. The van der Waals surface area contributed by atoms with Gasteiger partial charge < -0.3 is 10.6 Å². The lowest BCUT2D eigenvalue weighted by Gasteiger charge is -2.21. The van der Waals surface area contributed by atoms with Gasteiger partial charge in [-0.25, -0.2) is 4.39 Å². The molecule has 1 heterocycles. The molecule has 0 fully saturated rings. The molecule has 0 amide bonds. The zero-order valence-electron chi connectivity index (χ0n) is 12.6. The molecule has 2 N–H and O–H groups in total. The summed E-state index contributed by atoms with van der Waals surface area (Å²) >= 11 is 6.43. The van der Waals surface area contributed by atoms with Crippen LogP contribution < -0.4 is 10.6 Å². The van der Waals surface area contributed by atoms with E-state index in [1.165, 1.54) is 23.3 Å². The monoisotopic (exact) mass is 318 g/mol. The second kappa shape index (κ2) is 6.67. The Morgan fingerprint density at radius 2 is 1.82 bits per heavy atom. The fraction of sp³-hybridized carbons (Fsp3) is 0.333. The van der Waals surface area contributed by atoms with Crippen molar-refractivity contribution in [2.24, 2.45) is 0 Å². The van der Waals surface area contributed by atoms with Crippen LogP contribution in [0.5, 0.6) is 0 Å². The highest BCUT2D eigenvalue weighted by Crippen LogP contribution is 2.33. The predicted molar refractivity (Wildman–Crippen MR) is 90.2 cm³/mol. The largest absolute Gasteiger partial charge is 0.377 e. The minimum absolute atomic E-state index is 0.0702. The van der Waals surface area contributed by atoms with Crippen LogP contribution in [0.3, 0.4) is 0 Å². The predicted octanol–water partition coefficient (Wildman–Crippen LogP) is 4.34. The van der Waals surface area contributed by atoms with Crippen molar-refractivity contribution in [1.29, 1.82) is 0 Å². The Morgan fingerprint density at radius 1 is 1.09 bits per heavy atom. The van der Waals surface area contributed by atoms with Crippen LogP contribution in [0.1, 0.15) is 29.7 Å². The molecule has 0 aliphatic carbocycles. The molecule has 0 spiro atoms. The van der Waals surface area contributed by atoms with Gasteiger partial charge in [0.25, 0.3) is 0 Å². The van der Waals surface area contributed by atoms with E-state index < -0.39 is 0 Å². The standard InChI is InChI=1S/C18H20ClFN2/c1-12(13-2-5-15(20)6-3-13)22-18-16-9-11-21-10-8-14(16)4-7-17(18)19/h2-7,12,21-22H,8-11H2,1H3. The van der Waals surface area contributed by atoms with Crippen molar-refractivity contribution >= 4 is 17.3 Å². The summed E-state index contributed by atoms with van der Waals surface area (Å²) in [5.41, 5.74) is 4.70. The molecular formula is C18H20ClFN2. The van der Waals surface area contributed by atoms with Crippen LogP contribution in [0.2, 0.25) is 5.02 Å². The van der Waals surface area contributed by atoms with Gasteiger partial charge in [-0.15, -0.1) is 0 Å². The number of fused-ring (bicyclic) bond motifs is 1. The van der Waals surface area contributed by atoms with E-state index >= 15 is 0 Å². The summed E-state index contributed by atoms with van der Waals surface area (Å²) in [4.78, 5) is 0. The number of hydrogen-bond acceptors (Lipinski definition) is 2. The van der Waals surface area contributed by atoms with Crippen molar-refractivity contribution in [1.82, 2.24) is 5.32 Å². The summed E-state index contributed by atoms with van der Waals surface area (Å²) < 4.78 is 13.1. The van der Waals surface area contributed by atoms with Crippen LogP contribution in [0.25, 0.3) is 0 Å². The molecule has 2 nitrogen and oxygen atoms in total. The summed E-state index contributed by atoms with van der Waals surface area (Å²) in [7, 11) is 0. The number of halogens is 2. The summed E-state index contributed by atoms with van der Waals surface area (Å²) in [5.74, 6) is -0.214. The molecule has 0 bridgehead atoms. The van der Waals surface area contributed by atoms with Crippen LogP contribution in [-0.4, -0.2) is 13.1 Å². The molecule has 2 aromatic rings. The first-order valence-electron chi connectivity index (χ1n) is 7.68. The van der Waals surface area contributed by atoms with Gasteiger partial charge in [-0.1, -0.05) is 29.8 Å². The normalized spacial score (nSPS) is 15.8. The smallest absolute Gasteiger partial charge is 0.123 e. The van der Waals surface area contributed by atoms with Gasteiger partial charge in [0.2, 0.25) is 0 Å². The highest BCUT2D eigenvalue weighted by molar-refractivity contribution is 6.33. The first-order valence-corrected chi connectivity index (χ1v) is 8.06. The average molecular weight is 319 g/mol. The molecule has 22 heavy (non-hydrogen) atoms. The van der Waals surface area contributed by atoms with Gasteiger partial charge in [0.05, 0.1) is 10.7 Å². The van der Waals surface area contributed by atoms with Gasteiger partial charge in [-0.3, -0.25) is 0 Å². The Balaban J connectivity index is 1.89. The third-order valence-corrected chi connectivity index (χ3v) is 4.53. The van der Waals surface area contributed by atoms with Crippen molar-refractivity contribution in [2.75, 3.05) is 18.4 Å². The Bertz CT molecular complexity index is 655. The molecule has 0 aromatic heterocycles. The van der Waals surface area contributed by atoms with Gasteiger partial charge in [0, 0.05) is 6.04 Å². The van der Waals surface area contributed by atoms with Gasteiger partial charge in [0.15, 0.2) is 0 Å². The maximum atomic E-state index is 13.1. The second-order valence-corrected chi connectivity index (χ2v) is 6.13. The van der Waals surface area contributed by atoms with Crippen molar-refractivity contribution in [3.8, 4) is 0 Å². The number of hydrogen-bond donors (Lipinski definition) is 2. The second-order valence-electron chi connectivity index (χ2n) is 5.73. The van der Waals surface area contributed by atoms with Crippen LogP contribution >= 0.6 is 11.6 Å². The summed E-state index contributed by atoms with van der Waals surface area (Å²) in [6.07, 6.45) is 1.99. The maximum Gasteiger partial charge on any atom is 0.123 e. The Morgan fingerprint density at radius 3 is 2.59 bits per heavy atom. The van der Waals surface area contributed by atoms with Gasteiger partial charge in [-0.2, -0.15) is 0 Å². The first kappa shape index (κ1) is 15.3. The molecule has 116 valence electrons. The molecule has 0 saturated heterocycles. The summed E-state index contributed by atoms with van der Waals surface area (Å²) in [6.45, 7) is 4.03. The summed E-state index contributed by atoms with van der Waals surface area (Å²) in [5, 5.41) is 7.68.